The maximum absolute atomic E-state index is 13.1. The lowest BCUT2D eigenvalue weighted by atomic mass is 10.1. The lowest BCUT2D eigenvalue weighted by molar-refractivity contribution is -0.123. The summed E-state index contributed by atoms with van der Waals surface area (Å²) in [5, 5.41) is 13.8. The summed E-state index contributed by atoms with van der Waals surface area (Å²) in [5.74, 6) is 0.846. The van der Waals surface area contributed by atoms with Gasteiger partial charge in [-0.3, -0.25) is 14.6 Å². The highest BCUT2D eigenvalue weighted by atomic mass is 32.1. The minimum atomic E-state index is -0.682. The highest BCUT2D eigenvalue weighted by Crippen LogP contribution is 2.28. The van der Waals surface area contributed by atoms with Gasteiger partial charge in [0.2, 0.25) is 5.91 Å². The number of fused-ring (bicyclic) bond motifs is 1. The molecular weight excluding hydrogens is 490 g/mol. The van der Waals surface area contributed by atoms with E-state index < -0.39 is 6.04 Å². The number of thiophene rings is 1. The van der Waals surface area contributed by atoms with Crippen molar-refractivity contribution in [3.8, 4) is 0 Å². The first-order chi connectivity index (χ1) is 17.9. The number of carbonyl (C=O) groups is 2. The van der Waals surface area contributed by atoms with E-state index in [1.165, 1.54) is 4.88 Å². The number of nitrogens with zero attached hydrogens (tertiary/aromatic N) is 3. The smallest absolute Gasteiger partial charge is 0.340 e. The van der Waals surface area contributed by atoms with E-state index in [2.05, 4.69) is 55.7 Å². The maximum atomic E-state index is 13.1. The van der Waals surface area contributed by atoms with Gasteiger partial charge in [-0.2, -0.15) is 5.10 Å². The summed E-state index contributed by atoms with van der Waals surface area (Å²) in [6.45, 7) is 6.49. The zero-order valence-corrected chi connectivity index (χ0v) is 22.2. The molecule has 10 nitrogen and oxygen atoms in total. The number of nitrogens with one attached hydrogen (secondary N) is 4. The predicted octanol–water partition coefficient (Wildman–Crippen LogP) is 3.33. The fraction of sp³-hybridized carbons (Fsp3) is 0.423. The monoisotopic (exact) mass is 523 g/mol. The second-order valence-corrected chi connectivity index (χ2v) is 9.96. The maximum Gasteiger partial charge on any atom is 0.340 e. The number of hydrogen-bond acceptors (Lipinski definition) is 6. The number of amides is 2. The van der Waals surface area contributed by atoms with E-state index in [-0.39, 0.29) is 17.5 Å². The molecule has 0 aliphatic heterocycles. The van der Waals surface area contributed by atoms with Crippen molar-refractivity contribution >= 4 is 34.2 Å². The molecule has 4 aromatic rings. The van der Waals surface area contributed by atoms with Gasteiger partial charge >= 0.3 is 5.69 Å². The number of carbonyl (C=O) groups excluding carboxylic acids is 2. The normalized spacial score (nSPS) is 12.2. The molecule has 11 heteroatoms. The quantitative estimate of drug-likeness (QED) is 0.226. The number of rotatable bonds is 12. The van der Waals surface area contributed by atoms with Crippen molar-refractivity contribution in [2.24, 2.45) is 0 Å². The van der Waals surface area contributed by atoms with Gasteiger partial charge in [-0.05, 0) is 48.9 Å². The summed E-state index contributed by atoms with van der Waals surface area (Å²) in [7, 11) is 0. The van der Waals surface area contributed by atoms with E-state index in [1.54, 1.807) is 23.5 Å². The van der Waals surface area contributed by atoms with E-state index in [1.807, 2.05) is 19.1 Å². The highest BCUT2D eigenvalue weighted by molar-refractivity contribution is 7.09. The molecule has 0 bridgehead atoms. The van der Waals surface area contributed by atoms with Gasteiger partial charge in [0.15, 0.2) is 0 Å². The number of benzene rings is 1. The number of imidazole rings is 1. The van der Waals surface area contributed by atoms with Crippen LogP contribution in [0.4, 0.5) is 0 Å². The van der Waals surface area contributed by atoms with Crippen LogP contribution in [-0.4, -0.2) is 49.1 Å². The van der Waals surface area contributed by atoms with Crippen LogP contribution in [0.1, 0.15) is 73.0 Å². The van der Waals surface area contributed by atoms with Gasteiger partial charge in [0, 0.05) is 35.9 Å². The summed E-state index contributed by atoms with van der Waals surface area (Å²) in [6, 6.07) is 9.37. The summed E-state index contributed by atoms with van der Waals surface area (Å²) < 4.78 is 2.31. The van der Waals surface area contributed by atoms with Crippen LogP contribution in [0.25, 0.3) is 11.0 Å². The molecule has 1 aromatic carbocycles. The van der Waals surface area contributed by atoms with Gasteiger partial charge in [-0.1, -0.05) is 26.8 Å². The minimum absolute atomic E-state index is 0.286. The van der Waals surface area contributed by atoms with Crippen LogP contribution in [0, 0.1) is 0 Å². The average molecular weight is 524 g/mol. The van der Waals surface area contributed by atoms with Crippen LogP contribution >= 0.6 is 11.3 Å². The van der Waals surface area contributed by atoms with Crippen molar-refractivity contribution in [1.29, 1.82) is 0 Å². The third-order valence-corrected chi connectivity index (χ3v) is 7.36. The Bertz CT molecular complexity index is 1400. The topological polar surface area (TPSA) is 138 Å². The molecule has 0 unspecified atom stereocenters. The molecule has 0 radical (unpaired) electrons. The van der Waals surface area contributed by atoms with E-state index >= 15 is 0 Å². The molecule has 0 fully saturated rings. The molecular formula is C26H33N7O3S. The van der Waals surface area contributed by atoms with Crippen molar-refractivity contribution in [2.45, 2.75) is 65.0 Å². The molecule has 4 N–H and O–H groups in total. The molecule has 2 amide bonds. The molecule has 196 valence electrons. The van der Waals surface area contributed by atoms with Crippen LogP contribution < -0.4 is 16.3 Å². The standard InChI is InChI=1S/C26H33N7O3S/c1-4-17(5-2)33-21-10-9-16(14-20(21)28-23(33)15-18-8-7-13-37-18)24(34)29-19(6-3)25(35)27-12-11-22-30-26(36)32-31-22/h7-10,13-14,17,19H,4-6,11-12,15H2,1-3H3,(H,27,35)(H,29,34)(H2,30,31,32,36)/t19-/m0/s1. The van der Waals surface area contributed by atoms with E-state index in [4.69, 9.17) is 4.98 Å². The van der Waals surface area contributed by atoms with E-state index in [0.717, 1.165) is 36.1 Å². The predicted molar refractivity (Wildman–Crippen MR) is 144 cm³/mol. The van der Waals surface area contributed by atoms with Crippen molar-refractivity contribution < 1.29 is 9.59 Å². The number of aromatic nitrogens is 5. The third-order valence-electron chi connectivity index (χ3n) is 6.49. The van der Waals surface area contributed by atoms with Crippen LogP contribution in [0.15, 0.2) is 40.5 Å². The van der Waals surface area contributed by atoms with Crippen molar-refractivity contribution in [3.63, 3.8) is 0 Å². The van der Waals surface area contributed by atoms with Gasteiger partial charge in [0.25, 0.3) is 5.91 Å². The first kappa shape index (κ1) is 26.3. The first-order valence-electron chi connectivity index (χ1n) is 12.7. The molecule has 0 saturated carbocycles. The Hall–Kier alpha value is -3.73. The Kier molecular flexibility index (Phi) is 8.54. The van der Waals surface area contributed by atoms with Gasteiger partial charge in [0.05, 0.1) is 11.0 Å². The Morgan fingerprint density at radius 3 is 2.59 bits per heavy atom. The number of hydrogen-bond donors (Lipinski definition) is 4. The number of H-pyrrole nitrogens is 2. The SMILES string of the molecule is CCC(CC)n1c(Cc2cccs2)nc2cc(C(=O)N[C@@H](CC)C(=O)NCCc3n[nH]c(=O)[nH]3)ccc21. The molecule has 0 spiro atoms. The fourth-order valence-corrected chi connectivity index (χ4v) is 5.19. The van der Waals surface area contributed by atoms with Crippen molar-refractivity contribution in [2.75, 3.05) is 6.54 Å². The van der Waals surface area contributed by atoms with Crippen molar-refractivity contribution in [3.05, 3.63) is 68.3 Å². The second-order valence-electron chi connectivity index (χ2n) is 8.93. The van der Waals surface area contributed by atoms with Crippen molar-refractivity contribution in [1.82, 2.24) is 35.4 Å². The van der Waals surface area contributed by atoms with Crippen LogP contribution in [0.5, 0.6) is 0 Å². The van der Waals surface area contributed by atoms with E-state index in [9.17, 15) is 14.4 Å². The molecule has 37 heavy (non-hydrogen) atoms. The molecule has 0 saturated heterocycles. The van der Waals surface area contributed by atoms with Crippen LogP contribution in [-0.2, 0) is 17.6 Å². The van der Waals surface area contributed by atoms with Crippen LogP contribution in [0.3, 0.4) is 0 Å². The first-order valence-corrected chi connectivity index (χ1v) is 13.6. The fourth-order valence-electron chi connectivity index (χ4n) is 4.49. The molecule has 0 aliphatic carbocycles. The lowest BCUT2D eigenvalue weighted by Gasteiger charge is -2.19. The molecule has 4 rings (SSSR count). The Morgan fingerprint density at radius 1 is 1.14 bits per heavy atom. The molecule has 3 heterocycles. The van der Waals surface area contributed by atoms with Gasteiger partial charge in [-0.25, -0.2) is 14.9 Å². The highest BCUT2D eigenvalue weighted by Gasteiger charge is 2.22. The third kappa shape index (κ3) is 6.16. The van der Waals surface area contributed by atoms with Gasteiger partial charge in [0.1, 0.15) is 17.7 Å². The van der Waals surface area contributed by atoms with Gasteiger partial charge in [-0.15, -0.1) is 11.3 Å². The van der Waals surface area contributed by atoms with Crippen LogP contribution in [0.2, 0.25) is 0 Å². The summed E-state index contributed by atoms with van der Waals surface area (Å²) in [4.78, 5) is 45.6. The average Bonchev–Trinajstić information content (AvgIpc) is 3.64. The lowest BCUT2D eigenvalue weighted by Crippen LogP contribution is -2.46. The summed E-state index contributed by atoms with van der Waals surface area (Å²) >= 11 is 1.71. The molecule has 1 atom stereocenters. The summed E-state index contributed by atoms with van der Waals surface area (Å²) in [6.07, 6.45) is 3.54. The summed E-state index contributed by atoms with van der Waals surface area (Å²) in [5.41, 5.74) is 1.86. The Morgan fingerprint density at radius 2 is 1.95 bits per heavy atom. The van der Waals surface area contributed by atoms with E-state index in [0.29, 0.717) is 36.8 Å². The molecule has 3 aromatic heterocycles. The minimum Gasteiger partial charge on any atom is -0.354 e. The largest absolute Gasteiger partial charge is 0.354 e. The van der Waals surface area contributed by atoms with Gasteiger partial charge < -0.3 is 15.2 Å². The molecule has 0 aliphatic rings. The zero-order valence-electron chi connectivity index (χ0n) is 21.3. The zero-order chi connectivity index (χ0) is 26.4. The number of aromatic amines is 2. The second kappa shape index (κ2) is 12.0. The Labute approximate surface area is 218 Å². The Balaban J connectivity index is 1.48.